The molecule has 0 bridgehead atoms. The summed E-state index contributed by atoms with van der Waals surface area (Å²) in [5, 5.41) is 5.97. The molecular weight excluding hydrogens is 407 g/mol. The Morgan fingerprint density at radius 2 is 1.17 bits per heavy atom. The molecule has 0 fully saturated rings. The lowest BCUT2D eigenvalue weighted by Crippen LogP contribution is -2.06. The zero-order valence-corrected chi connectivity index (χ0v) is 15.6. The van der Waals surface area contributed by atoms with Gasteiger partial charge in [-0.2, -0.15) is 5.10 Å². The average molecular weight is 420 g/mol. The second kappa shape index (κ2) is 7.84. The first-order valence-corrected chi connectivity index (χ1v) is 8.78. The first-order chi connectivity index (χ1) is 11.6. The maximum atomic E-state index is 5.99. The normalized spacial score (nSPS) is 10.3. The lowest BCUT2D eigenvalue weighted by molar-refractivity contribution is 1.32. The van der Waals surface area contributed by atoms with Crippen molar-refractivity contribution in [1.82, 2.24) is 0 Å². The monoisotopic (exact) mass is 418 g/mol. The smallest absolute Gasteiger partial charge is 0.0978 e. The molecule has 0 saturated carbocycles. The number of anilines is 1. The Bertz CT molecular complexity index is 795. The van der Waals surface area contributed by atoms with Crippen LogP contribution in [0.3, 0.4) is 0 Å². The van der Waals surface area contributed by atoms with Crippen LogP contribution in [0, 0.1) is 0 Å². The second-order valence-corrected chi connectivity index (χ2v) is 6.88. The summed E-state index contributed by atoms with van der Waals surface area (Å²) in [4.78, 5) is 0. The average Bonchev–Trinajstić information content (AvgIpc) is 2.59. The van der Waals surface area contributed by atoms with E-state index in [0.717, 1.165) is 27.0 Å². The second-order valence-electron chi connectivity index (χ2n) is 5.09. The van der Waals surface area contributed by atoms with Crippen LogP contribution in [0.25, 0.3) is 0 Å². The van der Waals surface area contributed by atoms with Crippen LogP contribution in [0.4, 0.5) is 5.69 Å². The molecule has 0 spiro atoms. The molecule has 0 aliphatic heterocycles. The lowest BCUT2D eigenvalue weighted by atomic mass is 10.0. The molecular formula is C19H13BrCl2N2. The van der Waals surface area contributed by atoms with E-state index in [-0.39, 0.29) is 0 Å². The van der Waals surface area contributed by atoms with Crippen LogP contribution in [0.2, 0.25) is 10.0 Å². The number of benzene rings is 3. The zero-order valence-electron chi connectivity index (χ0n) is 12.5. The van der Waals surface area contributed by atoms with Crippen molar-refractivity contribution < 1.29 is 0 Å². The minimum Gasteiger partial charge on any atom is -0.278 e. The van der Waals surface area contributed by atoms with Gasteiger partial charge in [-0.25, -0.2) is 0 Å². The summed E-state index contributed by atoms with van der Waals surface area (Å²) in [6.45, 7) is 0. The summed E-state index contributed by atoms with van der Waals surface area (Å²) in [7, 11) is 0. The number of hydrazone groups is 1. The van der Waals surface area contributed by atoms with Crippen molar-refractivity contribution in [2.24, 2.45) is 5.10 Å². The highest BCUT2D eigenvalue weighted by Gasteiger charge is 2.08. The van der Waals surface area contributed by atoms with Crippen molar-refractivity contribution in [2.45, 2.75) is 0 Å². The van der Waals surface area contributed by atoms with Crippen LogP contribution in [0.1, 0.15) is 11.1 Å². The molecule has 0 aliphatic carbocycles. The fourth-order valence-corrected chi connectivity index (χ4v) is 2.67. The van der Waals surface area contributed by atoms with Crippen LogP contribution in [0.15, 0.2) is 82.4 Å². The van der Waals surface area contributed by atoms with Gasteiger partial charge >= 0.3 is 0 Å². The highest BCUT2D eigenvalue weighted by Crippen LogP contribution is 2.19. The molecule has 0 saturated heterocycles. The molecule has 1 N–H and O–H groups in total. The maximum absolute atomic E-state index is 5.99. The molecule has 0 aromatic heterocycles. The molecule has 0 radical (unpaired) electrons. The molecule has 0 aliphatic rings. The summed E-state index contributed by atoms with van der Waals surface area (Å²) in [6.07, 6.45) is 0. The fourth-order valence-electron chi connectivity index (χ4n) is 2.16. The number of nitrogens with zero attached hydrogens (tertiary/aromatic N) is 1. The minimum atomic E-state index is 0.690. The maximum Gasteiger partial charge on any atom is 0.0978 e. The largest absolute Gasteiger partial charge is 0.278 e. The molecule has 2 nitrogen and oxygen atoms in total. The van der Waals surface area contributed by atoms with E-state index in [4.69, 9.17) is 23.2 Å². The lowest BCUT2D eigenvalue weighted by Gasteiger charge is -2.09. The van der Waals surface area contributed by atoms with Crippen molar-refractivity contribution in [2.75, 3.05) is 5.43 Å². The third kappa shape index (κ3) is 4.38. The number of nitrogens with one attached hydrogen (secondary N) is 1. The molecule has 0 heterocycles. The van der Waals surface area contributed by atoms with E-state index in [9.17, 15) is 0 Å². The molecule has 3 aromatic carbocycles. The third-order valence-corrected chi connectivity index (χ3v) is 4.41. The first kappa shape index (κ1) is 17.0. The van der Waals surface area contributed by atoms with E-state index in [1.807, 2.05) is 72.8 Å². The highest BCUT2D eigenvalue weighted by molar-refractivity contribution is 9.10. The van der Waals surface area contributed by atoms with E-state index in [1.165, 1.54) is 0 Å². The number of halogens is 3. The van der Waals surface area contributed by atoms with E-state index in [0.29, 0.717) is 10.0 Å². The topological polar surface area (TPSA) is 24.4 Å². The summed E-state index contributed by atoms with van der Waals surface area (Å²) in [5.41, 5.74) is 6.74. The number of rotatable bonds is 4. The van der Waals surface area contributed by atoms with Crippen LogP contribution in [-0.4, -0.2) is 5.71 Å². The van der Waals surface area contributed by atoms with Gasteiger partial charge in [0.1, 0.15) is 0 Å². The van der Waals surface area contributed by atoms with Gasteiger partial charge in [0, 0.05) is 25.6 Å². The van der Waals surface area contributed by atoms with Crippen LogP contribution in [0.5, 0.6) is 0 Å². The van der Waals surface area contributed by atoms with E-state index in [2.05, 4.69) is 26.5 Å². The summed E-state index contributed by atoms with van der Waals surface area (Å²) >= 11 is 15.4. The Balaban J connectivity index is 1.97. The SMILES string of the molecule is Clc1ccc(C(=NNc2ccc(Br)cc2)c2ccc(Cl)cc2)cc1. The summed E-state index contributed by atoms with van der Waals surface area (Å²) in [5.74, 6) is 0. The van der Waals surface area contributed by atoms with Gasteiger partial charge in [0.15, 0.2) is 0 Å². The Hall–Kier alpha value is -1.81. The summed E-state index contributed by atoms with van der Waals surface area (Å²) in [6, 6.07) is 23.0. The van der Waals surface area contributed by atoms with Crippen molar-refractivity contribution >= 4 is 50.5 Å². The van der Waals surface area contributed by atoms with Crippen LogP contribution >= 0.6 is 39.1 Å². The van der Waals surface area contributed by atoms with E-state index in [1.54, 1.807) is 0 Å². The quantitative estimate of drug-likeness (QED) is 0.372. The molecule has 0 unspecified atom stereocenters. The van der Waals surface area contributed by atoms with Gasteiger partial charge in [-0.05, 0) is 48.5 Å². The van der Waals surface area contributed by atoms with Gasteiger partial charge in [0.2, 0.25) is 0 Å². The molecule has 0 amide bonds. The molecule has 0 atom stereocenters. The van der Waals surface area contributed by atoms with Gasteiger partial charge in [-0.15, -0.1) is 0 Å². The van der Waals surface area contributed by atoms with Crippen molar-refractivity contribution in [1.29, 1.82) is 0 Å². The van der Waals surface area contributed by atoms with Gasteiger partial charge in [-0.1, -0.05) is 63.4 Å². The van der Waals surface area contributed by atoms with Crippen molar-refractivity contribution in [3.63, 3.8) is 0 Å². The Morgan fingerprint density at radius 1 is 0.708 bits per heavy atom. The molecule has 3 aromatic rings. The Kier molecular flexibility index (Phi) is 5.56. The number of hydrogen-bond acceptors (Lipinski definition) is 2. The molecule has 3 rings (SSSR count). The zero-order chi connectivity index (χ0) is 16.9. The van der Waals surface area contributed by atoms with Crippen molar-refractivity contribution in [3.05, 3.63) is 98.4 Å². The van der Waals surface area contributed by atoms with Crippen LogP contribution < -0.4 is 5.43 Å². The van der Waals surface area contributed by atoms with Gasteiger partial charge in [-0.3, -0.25) is 5.43 Å². The van der Waals surface area contributed by atoms with Gasteiger partial charge < -0.3 is 0 Å². The van der Waals surface area contributed by atoms with E-state index >= 15 is 0 Å². The predicted octanol–water partition coefficient (Wildman–Crippen LogP) is 6.62. The molecule has 24 heavy (non-hydrogen) atoms. The van der Waals surface area contributed by atoms with Crippen molar-refractivity contribution in [3.8, 4) is 0 Å². The van der Waals surface area contributed by atoms with Gasteiger partial charge in [0.05, 0.1) is 11.4 Å². The van der Waals surface area contributed by atoms with Crippen LogP contribution in [-0.2, 0) is 0 Å². The minimum absolute atomic E-state index is 0.690. The van der Waals surface area contributed by atoms with E-state index < -0.39 is 0 Å². The third-order valence-electron chi connectivity index (χ3n) is 3.38. The standard InChI is InChI=1S/C19H13BrCl2N2/c20-15-5-11-18(12-6-15)23-24-19(13-1-7-16(21)8-2-13)14-3-9-17(22)10-4-14/h1-12,23H. The predicted molar refractivity (Wildman–Crippen MR) is 106 cm³/mol. The fraction of sp³-hybridized carbons (Fsp3) is 0. The molecule has 120 valence electrons. The Morgan fingerprint density at radius 3 is 1.62 bits per heavy atom. The summed E-state index contributed by atoms with van der Waals surface area (Å²) < 4.78 is 1.02. The Labute approximate surface area is 159 Å². The number of hydrogen-bond donors (Lipinski definition) is 1. The first-order valence-electron chi connectivity index (χ1n) is 7.23. The highest BCUT2D eigenvalue weighted by atomic mass is 79.9. The van der Waals surface area contributed by atoms with Gasteiger partial charge in [0.25, 0.3) is 0 Å². The molecule has 5 heteroatoms.